The van der Waals surface area contributed by atoms with Crippen LogP contribution in [0.4, 0.5) is 18.9 Å². The number of ether oxygens (including phenoxy) is 2. The van der Waals surface area contributed by atoms with E-state index in [1.807, 2.05) is 55.5 Å². The lowest BCUT2D eigenvalue weighted by molar-refractivity contribution is -0.274. The number of hydrogen-bond acceptors (Lipinski definition) is 7. The molecule has 0 saturated carbocycles. The van der Waals surface area contributed by atoms with E-state index in [4.69, 9.17) is 4.74 Å². The molecule has 0 radical (unpaired) electrons. The zero-order valence-electron chi connectivity index (χ0n) is 20.7. The summed E-state index contributed by atoms with van der Waals surface area (Å²) >= 11 is 1.64. The van der Waals surface area contributed by atoms with Gasteiger partial charge in [-0.25, -0.2) is 9.67 Å². The van der Waals surface area contributed by atoms with Crippen LogP contribution in [0.3, 0.4) is 0 Å². The monoisotopic (exact) mass is 552 g/mol. The van der Waals surface area contributed by atoms with Crippen LogP contribution in [-0.2, 0) is 0 Å². The molecule has 2 heterocycles. The lowest BCUT2D eigenvalue weighted by Crippen LogP contribution is -2.24. The molecule has 0 amide bonds. The molecule has 0 N–H and O–H groups in total. The first-order valence-electron chi connectivity index (χ1n) is 12.0. The molecule has 0 aliphatic carbocycles. The Kier molecular flexibility index (Phi) is 7.82. The van der Waals surface area contributed by atoms with Crippen molar-refractivity contribution in [1.29, 1.82) is 0 Å². The number of amidine groups is 1. The van der Waals surface area contributed by atoms with E-state index in [0.717, 1.165) is 40.0 Å². The minimum Gasteiger partial charge on any atom is -0.492 e. The lowest BCUT2D eigenvalue weighted by atomic mass is 10.1. The van der Waals surface area contributed by atoms with Gasteiger partial charge >= 0.3 is 6.36 Å². The Morgan fingerprint density at radius 1 is 1.03 bits per heavy atom. The summed E-state index contributed by atoms with van der Waals surface area (Å²) in [5.74, 6) is 1.90. The highest BCUT2D eigenvalue weighted by molar-refractivity contribution is 8.14. The second-order valence-corrected chi connectivity index (χ2v) is 9.27. The third-order valence-electron chi connectivity index (χ3n) is 5.58. The van der Waals surface area contributed by atoms with Crippen LogP contribution in [0.5, 0.6) is 11.5 Å². The summed E-state index contributed by atoms with van der Waals surface area (Å²) in [5, 5.41) is 14.0. The quantitative estimate of drug-likeness (QED) is 0.192. The molecule has 0 bridgehead atoms. The van der Waals surface area contributed by atoms with Crippen molar-refractivity contribution in [2.75, 3.05) is 23.8 Å². The second-order valence-electron chi connectivity index (χ2n) is 8.20. The van der Waals surface area contributed by atoms with Crippen molar-refractivity contribution in [1.82, 2.24) is 14.8 Å². The Balaban J connectivity index is 1.25. The van der Waals surface area contributed by atoms with Crippen LogP contribution in [0.25, 0.3) is 17.1 Å². The van der Waals surface area contributed by atoms with Crippen LogP contribution in [0.2, 0.25) is 0 Å². The molecule has 39 heavy (non-hydrogen) atoms. The summed E-state index contributed by atoms with van der Waals surface area (Å²) in [7, 11) is 0. The van der Waals surface area contributed by atoms with E-state index in [-0.39, 0.29) is 5.75 Å². The van der Waals surface area contributed by atoms with Crippen molar-refractivity contribution >= 4 is 28.8 Å². The van der Waals surface area contributed by atoms with Gasteiger partial charge in [0, 0.05) is 17.9 Å². The summed E-state index contributed by atoms with van der Waals surface area (Å²) in [6.07, 6.45) is -1.56. The van der Waals surface area contributed by atoms with E-state index in [9.17, 15) is 13.2 Å². The van der Waals surface area contributed by atoms with E-state index in [1.54, 1.807) is 18.0 Å². The molecule has 12 heteroatoms. The summed E-state index contributed by atoms with van der Waals surface area (Å²) in [6.45, 7) is 3.37. The number of thioether (sulfide) groups is 1. The standard InChI is InChI=1S/C27H23F3N6O2S/c1-2-37-24-6-4-3-5-23(24)35-15-16-39-26(35)33-32-17-19-7-9-20(10-8-19)25-31-18-36(34-25)21-11-13-22(14-12-21)38-27(28,29)30/h3-14,17-18H,2,15-16H2,1H3/b32-17+,33-26-. The highest BCUT2D eigenvalue weighted by atomic mass is 32.2. The van der Waals surface area contributed by atoms with E-state index >= 15 is 0 Å². The molecule has 1 saturated heterocycles. The second kappa shape index (κ2) is 11.6. The molecule has 200 valence electrons. The fourth-order valence-corrected chi connectivity index (χ4v) is 4.76. The fraction of sp³-hybridized carbons (Fsp3) is 0.185. The predicted molar refractivity (Wildman–Crippen MR) is 146 cm³/mol. The highest BCUT2D eigenvalue weighted by Gasteiger charge is 2.31. The third-order valence-corrected chi connectivity index (χ3v) is 6.53. The van der Waals surface area contributed by atoms with Gasteiger partial charge in [0.15, 0.2) is 11.0 Å². The zero-order chi connectivity index (χ0) is 27.2. The van der Waals surface area contributed by atoms with E-state index in [2.05, 4.69) is 29.9 Å². The number of benzene rings is 3. The van der Waals surface area contributed by atoms with Gasteiger partial charge in [-0.3, -0.25) is 0 Å². The number of aromatic nitrogens is 3. The molecule has 1 aliphatic heterocycles. The average Bonchev–Trinajstić information content (AvgIpc) is 3.60. The van der Waals surface area contributed by atoms with Crippen molar-refractivity contribution in [2.45, 2.75) is 13.3 Å². The molecule has 4 aromatic rings. The van der Waals surface area contributed by atoms with Gasteiger partial charge in [-0.2, -0.15) is 5.10 Å². The first kappa shape index (κ1) is 26.3. The topological polar surface area (TPSA) is 77.1 Å². The molecule has 0 unspecified atom stereocenters. The van der Waals surface area contributed by atoms with Crippen molar-refractivity contribution in [3.8, 4) is 28.6 Å². The number of hydrogen-bond donors (Lipinski definition) is 0. The summed E-state index contributed by atoms with van der Waals surface area (Å²) in [4.78, 5) is 6.42. The predicted octanol–water partition coefficient (Wildman–Crippen LogP) is 6.17. The van der Waals surface area contributed by atoms with Crippen molar-refractivity contribution in [3.63, 3.8) is 0 Å². The van der Waals surface area contributed by atoms with Gasteiger partial charge in [0.1, 0.15) is 17.8 Å². The minimum absolute atomic E-state index is 0.302. The minimum atomic E-state index is -4.74. The SMILES string of the molecule is CCOc1ccccc1N1CCS/C1=N\N=C\c1ccc(-c2ncn(-c3ccc(OC(F)(F)F)cc3)n2)cc1. The Hall–Kier alpha value is -4.32. The number of nitrogens with zero attached hydrogens (tertiary/aromatic N) is 6. The van der Waals surface area contributed by atoms with Crippen molar-refractivity contribution in [3.05, 3.63) is 84.7 Å². The summed E-state index contributed by atoms with van der Waals surface area (Å²) in [5.41, 5.74) is 3.15. The number of anilines is 1. The van der Waals surface area contributed by atoms with Gasteiger partial charge in [0.25, 0.3) is 0 Å². The molecule has 8 nitrogen and oxygen atoms in total. The van der Waals surface area contributed by atoms with Crippen LogP contribution >= 0.6 is 11.8 Å². The zero-order valence-corrected chi connectivity index (χ0v) is 21.6. The van der Waals surface area contributed by atoms with Crippen LogP contribution in [0.1, 0.15) is 12.5 Å². The third kappa shape index (κ3) is 6.58. The maximum absolute atomic E-state index is 12.4. The fourth-order valence-electron chi connectivity index (χ4n) is 3.85. The molecule has 5 rings (SSSR count). The number of rotatable bonds is 8. The summed E-state index contributed by atoms with van der Waals surface area (Å²) in [6, 6.07) is 20.8. The maximum Gasteiger partial charge on any atom is 0.573 e. The normalized spacial score (nSPS) is 14.9. The smallest absolute Gasteiger partial charge is 0.492 e. The van der Waals surface area contributed by atoms with Crippen LogP contribution < -0.4 is 14.4 Å². The van der Waals surface area contributed by atoms with Gasteiger partial charge in [-0.05, 0) is 48.9 Å². The average molecular weight is 553 g/mol. The van der Waals surface area contributed by atoms with Crippen molar-refractivity contribution in [2.24, 2.45) is 10.2 Å². The highest BCUT2D eigenvalue weighted by Crippen LogP contribution is 2.33. The van der Waals surface area contributed by atoms with E-state index in [1.165, 1.54) is 35.3 Å². The molecule has 1 fully saturated rings. The molecule has 0 atom stereocenters. The molecular formula is C27H23F3N6O2S. The van der Waals surface area contributed by atoms with Gasteiger partial charge < -0.3 is 14.4 Å². The Labute approximate surface area is 226 Å². The van der Waals surface area contributed by atoms with Crippen molar-refractivity contribution < 1.29 is 22.6 Å². The van der Waals surface area contributed by atoms with Crippen LogP contribution in [0, 0.1) is 0 Å². The number of para-hydroxylation sites is 2. The van der Waals surface area contributed by atoms with Gasteiger partial charge in [-0.1, -0.05) is 48.2 Å². The molecular weight excluding hydrogens is 529 g/mol. The first-order chi connectivity index (χ1) is 18.9. The van der Waals surface area contributed by atoms with Gasteiger partial charge in [0.05, 0.1) is 24.2 Å². The van der Waals surface area contributed by atoms with E-state index < -0.39 is 6.36 Å². The summed E-state index contributed by atoms with van der Waals surface area (Å²) < 4.78 is 48.3. The maximum atomic E-state index is 12.4. The molecule has 3 aromatic carbocycles. The largest absolute Gasteiger partial charge is 0.573 e. The first-order valence-corrected chi connectivity index (χ1v) is 13.0. The Morgan fingerprint density at radius 2 is 1.79 bits per heavy atom. The number of alkyl halides is 3. The Bertz CT molecular complexity index is 1470. The van der Waals surface area contributed by atoms with Crippen LogP contribution in [-0.4, -0.2) is 51.4 Å². The van der Waals surface area contributed by atoms with Crippen LogP contribution in [0.15, 0.2) is 89.3 Å². The van der Waals surface area contributed by atoms with Gasteiger partial charge in [0.2, 0.25) is 0 Å². The lowest BCUT2D eigenvalue weighted by Gasteiger charge is -2.20. The Morgan fingerprint density at radius 3 is 2.54 bits per heavy atom. The van der Waals surface area contributed by atoms with Gasteiger partial charge in [-0.15, -0.1) is 23.4 Å². The number of halogens is 3. The molecule has 1 aliphatic rings. The van der Waals surface area contributed by atoms with E-state index in [0.29, 0.717) is 18.1 Å². The molecule has 0 spiro atoms. The molecule has 1 aromatic heterocycles.